The molecule has 4 aromatic rings. The topological polar surface area (TPSA) is 87.9 Å². The number of aromatic nitrogens is 3. The summed E-state index contributed by atoms with van der Waals surface area (Å²) in [5.74, 6) is 2.39. The van der Waals surface area contributed by atoms with Gasteiger partial charge in [0.2, 0.25) is 0 Å². The number of pyridine rings is 1. The molecule has 0 fully saturated rings. The molecule has 0 radical (unpaired) electrons. The molecule has 0 atom stereocenters. The van der Waals surface area contributed by atoms with Crippen molar-refractivity contribution in [2.75, 3.05) is 19.5 Å². The predicted octanol–water partition coefficient (Wildman–Crippen LogP) is 5.30. The summed E-state index contributed by atoms with van der Waals surface area (Å²) in [7, 11) is 5.50. The maximum Gasteiger partial charge on any atom is 0.143 e. The number of nitrogens with one attached hydrogen (secondary N) is 3. The van der Waals surface area contributed by atoms with Crippen molar-refractivity contribution in [2.24, 2.45) is 7.05 Å². The molecule has 0 aliphatic carbocycles. The number of benzene rings is 2. The van der Waals surface area contributed by atoms with E-state index in [0.717, 1.165) is 50.4 Å². The summed E-state index contributed by atoms with van der Waals surface area (Å²) >= 11 is 0. The van der Waals surface area contributed by atoms with E-state index in [4.69, 9.17) is 10.1 Å². The first kappa shape index (κ1) is 22.1. The lowest BCUT2D eigenvalue weighted by molar-refractivity contribution is 0.417. The minimum atomic E-state index is 0.504. The zero-order chi connectivity index (χ0) is 23.5. The lowest BCUT2D eigenvalue weighted by Gasteiger charge is -2.14. The van der Waals surface area contributed by atoms with Crippen LogP contribution in [0.3, 0.4) is 0 Å². The van der Waals surface area contributed by atoms with Gasteiger partial charge in [0.05, 0.1) is 24.7 Å². The summed E-state index contributed by atoms with van der Waals surface area (Å²) < 4.78 is 7.71. The van der Waals surface area contributed by atoms with Gasteiger partial charge in [0.1, 0.15) is 17.4 Å². The summed E-state index contributed by atoms with van der Waals surface area (Å²) in [5.41, 5.74) is 5.23. The maximum atomic E-state index is 8.08. The molecule has 0 amide bonds. The molecule has 0 spiro atoms. The van der Waals surface area contributed by atoms with Crippen LogP contribution in [0.5, 0.6) is 5.75 Å². The van der Waals surface area contributed by atoms with Gasteiger partial charge < -0.3 is 25.3 Å². The van der Waals surface area contributed by atoms with Gasteiger partial charge in [-0.3, -0.25) is 0 Å². The molecule has 0 aliphatic rings. The summed E-state index contributed by atoms with van der Waals surface area (Å²) in [5, 5.41) is 16.6. The number of hydrogen-bond acceptors (Lipinski definition) is 6. The highest BCUT2D eigenvalue weighted by Gasteiger charge is 2.11. The second-order valence-corrected chi connectivity index (χ2v) is 7.89. The van der Waals surface area contributed by atoms with Crippen LogP contribution in [-0.2, 0) is 7.05 Å². The quantitative estimate of drug-likeness (QED) is 0.340. The number of anilines is 2. The Bertz CT molecular complexity index is 1370. The van der Waals surface area contributed by atoms with E-state index in [2.05, 4.69) is 31.2 Å². The number of hydrogen-bond donors (Lipinski definition) is 3. The fraction of sp³-hybridized carbons (Fsp3) is 0.192. The van der Waals surface area contributed by atoms with Crippen molar-refractivity contribution in [1.82, 2.24) is 19.9 Å². The number of fused-ring (bicyclic) bond motifs is 1. The number of methoxy groups -OCH3 is 1. The van der Waals surface area contributed by atoms with Crippen LogP contribution in [0.1, 0.15) is 18.3 Å². The van der Waals surface area contributed by atoms with Crippen molar-refractivity contribution in [3.63, 3.8) is 0 Å². The third kappa shape index (κ3) is 4.43. The minimum absolute atomic E-state index is 0.504. The third-order valence-corrected chi connectivity index (χ3v) is 5.71. The Labute approximate surface area is 193 Å². The number of allylic oxidation sites excluding steroid dienone is 1. The highest BCUT2D eigenvalue weighted by atomic mass is 16.5. The molecule has 4 rings (SSSR count). The van der Waals surface area contributed by atoms with Crippen molar-refractivity contribution in [3.05, 3.63) is 72.4 Å². The second kappa shape index (κ2) is 9.16. The van der Waals surface area contributed by atoms with Gasteiger partial charge in [-0.25, -0.2) is 9.97 Å². The number of rotatable bonds is 7. The van der Waals surface area contributed by atoms with Gasteiger partial charge in [0.25, 0.3) is 0 Å². The summed E-state index contributed by atoms with van der Waals surface area (Å²) in [6.45, 7) is 3.77. The normalized spacial score (nSPS) is 11.5. The standard InChI is InChI=1S/C26H28N6O/c1-16(27)22(14-28-3)18-6-7-20-13-30-26(12-21(20)10-18)31-23-9-8-19(11-25(23)33-5)24-15-29-17(2)32(24)4/h6-15,27-28H,1-5H3,(H,30,31)/b22-14+,27-16?. The van der Waals surface area contributed by atoms with Crippen LogP contribution in [0.25, 0.3) is 27.6 Å². The van der Waals surface area contributed by atoms with Crippen LogP contribution in [0, 0.1) is 12.3 Å². The summed E-state index contributed by atoms with van der Waals surface area (Å²) in [6.07, 6.45) is 5.56. The summed E-state index contributed by atoms with van der Waals surface area (Å²) in [6, 6.07) is 14.2. The third-order valence-electron chi connectivity index (χ3n) is 5.71. The zero-order valence-corrected chi connectivity index (χ0v) is 19.5. The van der Waals surface area contributed by atoms with E-state index in [1.54, 1.807) is 14.0 Å². The Morgan fingerprint density at radius 1 is 1.06 bits per heavy atom. The summed E-state index contributed by atoms with van der Waals surface area (Å²) in [4.78, 5) is 8.96. The largest absolute Gasteiger partial charge is 0.495 e. The number of imidazole rings is 1. The number of aryl methyl sites for hydroxylation is 1. The first-order chi connectivity index (χ1) is 15.9. The SMILES string of the molecule is CN/C=C(\C(C)=N)c1ccc2cnc(Nc3ccc(-c4cnc(C)n4C)cc3OC)cc2c1. The molecule has 2 heterocycles. The maximum absolute atomic E-state index is 8.08. The van der Waals surface area contributed by atoms with Crippen LogP contribution in [0.2, 0.25) is 0 Å². The first-order valence-electron chi connectivity index (χ1n) is 10.7. The van der Waals surface area contributed by atoms with Crippen molar-refractivity contribution in [2.45, 2.75) is 13.8 Å². The van der Waals surface area contributed by atoms with E-state index in [1.165, 1.54) is 0 Å². The molecule has 168 valence electrons. The molecule has 0 saturated heterocycles. The Kier molecular flexibility index (Phi) is 6.13. The molecule has 2 aromatic heterocycles. The fourth-order valence-corrected chi connectivity index (χ4v) is 3.79. The average Bonchev–Trinajstić information content (AvgIpc) is 3.15. The van der Waals surface area contributed by atoms with Gasteiger partial charge in [-0.05, 0) is 49.1 Å². The van der Waals surface area contributed by atoms with E-state index in [-0.39, 0.29) is 0 Å². The average molecular weight is 441 g/mol. The Hall–Kier alpha value is -4.13. The van der Waals surface area contributed by atoms with Gasteiger partial charge in [0, 0.05) is 48.7 Å². The molecule has 33 heavy (non-hydrogen) atoms. The van der Waals surface area contributed by atoms with Gasteiger partial charge in [-0.15, -0.1) is 0 Å². The van der Waals surface area contributed by atoms with E-state index in [0.29, 0.717) is 11.5 Å². The Balaban J connectivity index is 1.67. The molecule has 0 saturated carbocycles. The van der Waals surface area contributed by atoms with E-state index in [9.17, 15) is 0 Å². The van der Waals surface area contributed by atoms with Gasteiger partial charge in [-0.2, -0.15) is 0 Å². The second-order valence-electron chi connectivity index (χ2n) is 7.89. The van der Waals surface area contributed by atoms with Gasteiger partial charge in [-0.1, -0.05) is 18.2 Å². The molecule has 0 unspecified atom stereocenters. The highest BCUT2D eigenvalue weighted by Crippen LogP contribution is 2.33. The Morgan fingerprint density at radius 2 is 1.88 bits per heavy atom. The van der Waals surface area contributed by atoms with E-state index in [1.807, 2.05) is 76.0 Å². The van der Waals surface area contributed by atoms with Gasteiger partial charge in [0.15, 0.2) is 0 Å². The van der Waals surface area contributed by atoms with Crippen LogP contribution in [0.4, 0.5) is 11.5 Å². The molecule has 0 bridgehead atoms. The highest BCUT2D eigenvalue weighted by molar-refractivity contribution is 6.21. The molecule has 2 aromatic carbocycles. The van der Waals surface area contributed by atoms with E-state index < -0.39 is 0 Å². The molecule has 7 nitrogen and oxygen atoms in total. The van der Waals surface area contributed by atoms with Crippen LogP contribution in [0.15, 0.2) is 61.1 Å². The zero-order valence-electron chi connectivity index (χ0n) is 19.5. The predicted molar refractivity (Wildman–Crippen MR) is 135 cm³/mol. The van der Waals surface area contributed by atoms with Crippen LogP contribution < -0.4 is 15.4 Å². The van der Waals surface area contributed by atoms with Gasteiger partial charge >= 0.3 is 0 Å². The lowest BCUT2D eigenvalue weighted by atomic mass is 10.00. The molecular formula is C26H28N6O. The first-order valence-corrected chi connectivity index (χ1v) is 10.7. The van der Waals surface area contributed by atoms with Crippen molar-refractivity contribution in [1.29, 1.82) is 5.41 Å². The lowest BCUT2D eigenvalue weighted by Crippen LogP contribution is -2.02. The molecule has 0 aliphatic heterocycles. The van der Waals surface area contributed by atoms with Crippen LogP contribution >= 0.6 is 0 Å². The van der Waals surface area contributed by atoms with Crippen molar-refractivity contribution < 1.29 is 4.74 Å². The smallest absolute Gasteiger partial charge is 0.143 e. The van der Waals surface area contributed by atoms with Crippen molar-refractivity contribution in [3.8, 4) is 17.0 Å². The van der Waals surface area contributed by atoms with Crippen molar-refractivity contribution >= 4 is 33.6 Å². The van der Waals surface area contributed by atoms with E-state index >= 15 is 0 Å². The fourth-order valence-electron chi connectivity index (χ4n) is 3.79. The van der Waals surface area contributed by atoms with Crippen LogP contribution in [-0.4, -0.2) is 34.4 Å². The number of nitrogens with zero attached hydrogens (tertiary/aromatic N) is 3. The number of ether oxygens (including phenoxy) is 1. The molecule has 3 N–H and O–H groups in total. The molecular weight excluding hydrogens is 412 g/mol. The Morgan fingerprint density at radius 3 is 2.55 bits per heavy atom. The minimum Gasteiger partial charge on any atom is -0.495 e. The molecule has 7 heteroatoms. The monoisotopic (exact) mass is 440 g/mol.